The van der Waals surface area contributed by atoms with Crippen LogP contribution in [0.3, 0.4) is 0 Å². The molecule has 2 heterocycles. The van der Waals surface area contributed by atoms with Crippen LogP contribution < -0.4 is 5.32 Å². The van der Waals surface area contributed by atoms with Gasteiger partial charge in [-0.05, 0) is 37.1 Å². The normalized spacial score (nSPS) is 21.1. The summed E-state index contributed by atoms with van der Waals surface area (Å²) in [7, 11) is -7.48. The number of hydrogen-bond acceptors (Lipinski definition) is 6. The smallest absolute Gasteiger partial charge is 0.243 e. The number of sulfonamides is 2. The van der Waals surface area contributed by atoms with Gasteiger partial charge in [-0.1, -0.05) is 13.8 Å². The lowest BCUT2D eigenvalue weighted by Crippen LogP contribution is -2.47. The van der Waals surface area contributed by atoms with Crippen molar-refractivity contribution in [2.75, 3.05) is 45.9 Å². The summed E-state index contributed by atoms with van der Waals surface area (Å²) in [5.74, 6) is -0.196. The monoisotopic (exact) mass is 473 g/mol. The Hall–Kier alpha value is -1.53. The molecule has 1 aromatic rings. The summed E-state index contributed by atoms with van der Waals surface area (Å²) in [6.07, 6.45) is 1.23. The summed E-state index contributed by atoms with van der Waals surface area (Å²) in [6.45, 7) is 6.47. The lowest BCUT2D eigenvalue weighted by atomic mass is 9.98. The first kappa shape index (κ1) is 24.1. The van der Waals surface area contributed by atoms with Crippen molar-refractivity contribution < 1.29 is 26.4 Å². The van der Waals surface area contributed by atoms with Gasteiger partial charge < -0.3 is 10.1 Å². The zero-order valence-electron chi connectivity index (χ0n) is 18.0. The van der Waals surface area contributed by atoms with E-state index in [1.165, 1.54) is 32.9 Å². The van der Waals surface area contributed by atoms with Gasteiger partial charge in [0.2, 0.25) is 26.0 Å². The highest BCUT2D eigenvalue weighted by molar-refractivity contribution is 7.89. The van der Waals surface area contributed by atoms with Crippen LogP contribution in [0, 0.1) is 11.8 Å². The molecule has 1 atom stereocenters. The Morgan fingerprint density at radius 2 is 1.71 bits per heavy atom. The number of carbonyl (C=O) groups excluding carboxylic acids is 1. The molecule has 0 spiro atoms. The van der Waals surface area contributed by atoms with Crippen LogP contribution in [0.25, 0.3) is 0 Å². The number of ether oxygens (including phenoxy) is 1. The fraction of sp³-hybridized carbons (Fsp3) is 0.650. The van der Waals surface area contributed by atoms with Gasteiger partial charge in [0, 0.05) is 38.6 Å². The largest absolute Gasteiger partial charge is 0.381 e. The third kappa shape index (κ3) is 5.28. The molecule has 0 saturated carbocycles. The van der Waals surface area contributed by atoms with Crippen LogP contribution in [0.15, 0.2) is 34.1 Å². The van der Waals surface area contributed by atoms with Gasteiger partial charge in [0.1, 0.15) is 0 Å². The van der Waals surface area contributed by atoms with Crippen LogP contribution in [-0.2, 0) is 29.6 Å². The van der Waals surface area contributed by atoms with Gasteiger partial charge in [0.15, 0.2) is 0 Å². The molecule has 0 aromatic heterocycles. The first-order valence-electron chi connectivity index (χ1n) is 10.7. The van der Waals surface area contributed by atoms with Crippen molar-refractivity contribution in [1.82, 2.24) is 13.9 Å². The van der Waals surface area contributed by atoms with Crippen LogP contribution in [0.2, 0.25) is 0 Å². The van der Waals surface area contributed by atoms with E-state index < -0.39 is 26.0 Å². The number of carbonyl (C=O) groups is 1. The van der Waals surface area contributed by atoms with E-state index in [1.807, 2.05) is 0 Å². The predicted octanol–water partition coefficient (Wildman–Crippen LogP) is 0.880. The summed E-state index contributed by atoms with van der Waals surface area (Å²) in [5, 5.41) is 2.90. The minimum absolute atomic E-state index is 0.0265. The predicted molar refractivity (Wildman–Crippen MR) is 115 cm³/mol. The summed E-state index contributed by atoms with van der Waals surface area (Å²) < 4.78 is 59.2. The van der Waals surface area contributed by atoms with E-state index in [0.717, 1.165) is 0 Å². The van der Waals surface area contributed by atoms with E-state index in [9.17, 15) is 21.6 Å². The van der Waals surface area contributed by atoms with Crippen LogP contribution in [0.1, 0.15) is 26.7 Å². The number of hydrogen-bond donors (Lipinski definition) is 1. The molecule has 2 fully saturated rings. The average Bonchev–Trinajstić information content (AvgIpc) is 2.73. The molecule has 0 aliphatic carbocycles. The quantitative estimate of drug-likeness (QED) is 0.570. The van der Waals surface area contributed by atoms with E-state index in [0.29, 0.717) is 58.2 Å². The van der Waals surface area contributed by atoms with Crippen LogP contribution in [0.4, 0.5) is 0 Å². The van der Waals surface area contributed by atoms with Crippen molar-refractivity contribution in [3.05, 3.63) is 24.3 Å². The Kier molecular flexibility index (Phi) is 7.74. The molecule has 9 nitrogen and oxygen atoms in total. The Balaban J connectivity index is 1.69. The van der Waals surface area contributed by atoms with Gasteiger partial charge in [-0.25, -0.2) is 16.8 Å². The van der Waals surface area contributed by atoms with Crippen molar-refractivity contribution in [1.29, 1.82) is 0 Å². The molecular formula is C20H31N3O6S2. The fourth-order valence-corrected chi connectivity index (χ4v) is 6.79. The lowest BCUT2D eigenvalue weighted by Gasteiger charge is -2.32. The van der Waals surface area contributed by atoms with E-state index in [1.54, 1.807) is 13.8 Å². The van der Waals surface area contributed by atoms with E-state index in [-0.39, 0.29) is 22.2 Å². The first-order chi connectivity index (χ1) is 14.7. The lowest BCUT2D eigenvalue weighted by molar-refractivity contribution is -0.127. The maximum atomic E-state index is 13.1. The second kappa shape index (κ2) is 9.95. The topological polar surface area (TPSA) is 113 Å². The summed E-state index contributed by atoms with van der Waals surface area (Å²) in [6, 6.07) is 5.31. The van der Waals surface area contributed by atoms with Gasteiger partial charge in [-0.3, -0.25) is 4.79 Å². The maximum absolute atomic E-state index is 13.1. The van der Waals surface area contributed by atoms with Crippen molar-refractivity contribution in [2.24, 2.45) is 11.8 Å². The number of rotatable bonds is 9. The van der Waals surface area contributed by atoms with Crippen LogP contribution in [-0.4, -0.2) is 77.3 Å². The highest BCUT2D eigenvalue weighted by Crippen LogP contribution is 2.25. The van der Waals surface area contributed by atoms with Crippen molar-refractivity contribution >= 4 is 26.0 Å². The SMILES string of the molecule is CCN(CC)S(=O)(=O)c1ccc(S(=O)(=O)N2CCC[C@@H](C(=O)NCC3COC3)C2)cc1. The van der Waals surface area contributed by atoms with E-state index >= 15 is 0 Å². The number of benzene rings is 1. The van der Waals surface area contributed by atoms with Crippen LogP contribution in [0.5, 0.6) is 0 Å². The number of amides is 1. The van der Waals surface area contributed by atoms with Gasteiger partial charge in [0.25, 0.3) is 0 Å². The molecule has 1 N–H and O–H groups in total. The summed E-state index contributed by atoms with van der Waals surface area (Å²) in [4.78, 5) is 12.6. The number of piperidine rings is 1. The van der Waals surface area contributed by atoms with Gasteiger partial charge in [-0.2, -0.15) is 8.61 Å². The number of nitrogens with zero attached hydrogens (tertiary/aromatic N) is 2. The number of nitrogens with one attached hydrogen (secondary N) is 1. The Bertz CT molecular complexity index is 971. The minimum atomic E-state index is -3.82. The second-order valence-electron chi connectivity index (χ2n) is 7.91. The molecule has 2 saturated heterocycles. The molecule has 0 radical (unpaired) electrons. The molecular weight excluding hydrogens is 442 g/mol. The molecule has 31 heavy (non-hydrogen) atoms. The zero-order chi connectivity index (χ0) is 22.6. The standard InChI is InChI=1S/C20H31N3O6S2/c1-3-22(4-2)30(25,26)18-7-9-19(10-8-18)31(27,28)23-11-5-6-17(13-23)20(24)21-12-16-14-29-15-16/h7-10,16-17H,3-6,11-15H2,1-2H3,(H,21,24)/t17-/m1/s1. The average molecular weight is 474 g/mol. The van der Waals surface area contributed by atoms with Crippen molar-refractivity contribution in [3.63, 3.8) is 0 Å². The molecule has 2 aliphatic rings. The summed E-state index contributed by atoms with van der Waals surface area (Å²) in [5.41, 5.74) is 0. The van der Waals surface area contributed by atoms with Crippen LogP contribution >= 0.6 is 0 Å². The van der Waals surface area contributed by atoms with Gasteiger partial charge in [-0.15, -0.1) is 0 Å². The molecule has 0 bridgehead atoms. The molecule has 1 aromatic carbocycles. The van der Waals surface area contributed by atoms with Gasteiger partial charge in [0.05, 0.1) is 28.9 Å². The first-order valence-corrected chi connectivity index (χ1v) is 13.5. The second-order valence-corrected chi connectivity index (χ2v) is 11.8. The third-order valence-electron chi connectivity index (χ3n) is 5.83. The minimum Gasteiger partial charge on any atom is -0.381 e. The van der Waals surface area contributed by atoms with E-state index in [4.69, 9.17) is 4.74 Å². The van der Waals surface area contributed by atoms with Crippen molar-refractivity contribution in [3.8, 4) is 0 Å². The highest BCUT2D eigenvalue weighted by Gasteiger charge is 2.34. The molecule has 1 amide bonds. The zero-order valence-corrected chi connectivity index (χ0v) is 19.6. The fourth-order valence-electron chi connectivity index (χ4n) is 3.81. The van der Waals surface area contributed by atoms with E-state index in [2.05, 4.69) is 5.32 Å². The Morgan fingerprint density at radius 3 is 2.26 bits per heavy atom. The Labute approximate surface area is 184 Å². The molecule has 11 heteroatoms. The highest BCUT2D eigenvalue weighted by atomic mass is 32.2. The maximum Gasteiger partial charge on any atom is 0.243 e. The molecule has 174 valence electrons. The third-order valence-corrected chi connectivity index (χ3v) is 9.78. The van der Waals surface area contributed by atoms with Gasteiger partial charge >= 0.3 is 0 Å². The summed E-state index contributed by atoms with van der Waals surface area (Å²) >= 11 is 0. The van der Waals surface area contributed by atoms with Crippen molar-refractivity contribution in [2.45, 2.75) is 36.5 Å². The molecule has 3 rings (SSSR count). The Morgan fingerprint density at radius 1 is 1.10 bits per heavy atom. The molecule has 2 aliphatic heterocycles. The molecule has 0 unspecified atom stereocenters.